The quantitative estimate of drug-likeness (QED) is 0.456. The van der Waals surface area contributed by atoms with Crippen LogP contribution in [0.25, 0.3) is 11.3 Å². The molecule has 0 saturated carbocycles. The summed E-state index contributed by atoms with van der Waals surface area (Å²) in [5.74, 6) is -1.98. The first-order chi connectivity index (χ1) is 18.8. The molecule has 2 fully saturated rings. The van der Waals surface area contributed by atoms with E-state index in [1.807, 2.05) is 19.3 Å². The number of nitrogens with two attached hydrogens (primary N) is 1. The van der Waals surface area contributed by atoms with E-state index in [2.05, 4.69) is 26.7 Å². The van der Waals surface area contributed by atoms with Gasteiger partial charge in [0, 0.05) is 68.1 Å². The third-order valence-electron chi connectivity index (χ3n) is 7.69. The van der Waals surface area contributed by atoms with Crippen LogP contribution in [-0.4, -0.2) is 60.2 Å². The first-order valence-corrected chi connectivity index (χ1v) is 13.7. The largest absolute Gasteiger partial charge is 0.490 e. The molecule has 0 aliphatic carbocycles. The molecule has 1 aromatic carbocycles. The van der Waals surface area contributed by atoms with Crippen LogP contribution in [0.4, 0.5) is 18.9 Å². The molecule has 0 unspecified atom stereocenters. The second kappa shape index (κ2) is 11.9. The van der Waals surface area contributed by atoms with Gasteiger partial charge in [-0.05, 0) is 68.8 Å². The normalized spacial score (nSPS) is 20.8. The maximum Gasteiger partial charge on any atom is 0.149 e. The average Bonchev–Trinajstić information content (AvgIpc) is 2.89. The predicted molar refractivity (Wildman–Crippen MR) is 146 cm³/mol. The fraction of sp³-hybridized carbons (Fsp3) is 0.467. The summed E-state index contributed by atoms with van der Waals surface area (Å²) in [5.41, 5.74) is 8.09. The van der Waals surface area contributed by atoms with Crippen LogP contribution in [0.5, 0.6) is 5.75 Å². The van der Waals surface area contributed by atoms with E-state index >= 15 is 8.78 Å². The Balaban J connectivity index is 1.33. The van der Waals surface area contributed by atoms with E-state index < -0.39 is 23.0 Å². The van der Waals surface area contributed by atoms with E-state index in [-0.39, 0.29) is 23.6 Å². The van der Waals surface area contributed by atoms with Crippen LogP contribution in [0.15, 0.2) is 42.7 Å². The Bertz CT molecular complexity index is 1260. The first kappa shape index (κ1) is 27.4. The summed E-state index contributed by atoms with van der Waals surface area (Å²) in [6.07, 6.45) is 7.10. The van der Waals surface area contributed by atoms with Crippen molar-refractivity contribution in [1.82, 2.24) is 14.9 Å². The van der Waals surface area contributed by atoms with Crippen LogP contribution < -0.4 is 15.4 Å². The Kier molecular flexibility index (Phi) is 8.37. The van der Waals surface area contributed by atoms with Gasteiger partial charge in [0.1, 0.15) is 35.0 Å². The highest BCUT2D eigenvalue weighted by Crippen LogP contribution is 2.32. The number of piperidine rings is 2. The second-order valence-electron chi connectivity index (χ2n) is 11.0. The zero-order valence-corrected chi connectivity index (χ0v) is 22.5. The van der Waals surface area contributed by atoms with Crippen molar-refractivity contribution in [3.8, 4) is 17.0 Å². The first-order valence-electron chi connectivity index (χ1n) is 13.7. The molecule has 0 spiro atoms. The number of halogens is 3. The van der Waals surface area contributed by atoms with Crippen LogP contribution in [0.1, 0.15) is 37.4 Å². The maximum atomic E-state index is 15.1. The molecule has 9 heteroatoms. The van der Waals surface area contributed by atoms with Gasteiger partial charge >= 0.3 is 0 Å². The molecule has 4 heterocycles. The van der Waals surface area contributed by atoms with E-state index in [1.54, 1.807) is 12.3 Å². The number of ether oxygens (including phenoxy) is 1. The van der Waals surface area contributed by atoms with Crippen LogP contribution in [0.2, 0.25) is 0 Å². The Hall–Kier alpha value is -3.17. The van der Waals surface area contributed by atoms with Crippen molar-refractivity contribution in [1.29, 1.82) is 0 Å². The van der Waals surface area contributed by atoms with Crippen LogP contribution >= 0.6 is 0 Å². The molecular weight excluding hydrogens is 503 g/mol. The SMILES string of the molecule is C[C@@H]1C[C@H](N)CN(c2ccncc2CCc2ccc(F)c(-c3c(F)cc(OC4CCN(C)CC4)cc3F)n2)C1. The lowest BCUT2D eigenvalue weighted by atomic mass is 9.95. The van der Waals surface area contributed by atoms with Gasteiger partial charge in [0.2, 0.25) is 0 Å². The smallest absolute Gasteiger partial charge is 0.149 e. The predicted octanol–water partition coefficient (Wildman–Crippen LogP) is 4.99. The zero-order valence-electron chi connectivity index (χ0n) is 22.5. The third kappa shape index (κ3) is 6.53. The van der Waals surface area contributed by atoms with E-state index in [1.165, 1.54) is 6.07 Å². The molecule has 2 saturated heterocycles. The summed E-state index contributed by atoms with van der Waals surface area (Å²) in [5, 5.41) is 0. The lowest BCUT2D eigenvalue weighted by Gasteiger charge is -2.37. The highest BCUT2D eigenvalue weighted by molar-refractivity contribution is 5.63. The molecule has 6 nitrogen and oxygen atoms in total. The van der Waals surface area contributed by atoms with Crippen molar-refractivity contribution in [2.75, 3.05) is 38.1 Å². The molecule has 3 aromatic rings. The van der Waals surface area contributed by atoms with Gasteiger partial charge in [-0.15, -0.1) is 0 Å². The lowest BCUT2D eigenvalue weighted by Crippen LogP contribution is -2.46. The van der Waals surface area contributed by atoms with Crippen molar-refractivity contribution in [2.24, 2.45) is 11.7 Å². The number of pyridine rings is 2. The number of rotatable bonds is 7. The van der Waals surface area contributed by atoms with Gasteiger partial charge in [0.05, 0.1) is 5.56 Å². The number of aryl methyl sites for hydroxylation is 2. The van der Waals surface area contributed by atoms with Gasteiger partial charge in [0.25, 0.3) is 0 Å². The number of hydrogen-bond donors (Lipinski definition) is 1. The van der Waals surface area contributed by atoms with Crippen molar-refractivity contribution in [2.45, 2.75) is 51.2 Å². The van der Waals surface area contributed by atoms with Crippen molar-refractivity contribution >= 4 is 5.69 Å². The van der Waals surface area contributed by atoms with Gasteiger partial charge in [-0.25, -0.2) is 18.2 Å². The molecule has 2 atom stereocenters. The lowest BCUT2D eigenvalue weighted by molar-refractivity contribution is 0.113. The van der Waals surface area contributed by atoms with Crippen LogP contribution in [-0.2, 0) is 12.8 Å². The van der Waals surface area contributed by atoms with Crippen molar-refractivity contribution in [3.63, 3.8) is 0 Å². The molecule has 0 bridgehead atoms. The minimum atomic E-state index is -0.897. The fourth-order valence-electron chi connectivity index (χ4n) is 5.72. The van der Waals surface area contributed by atoms with E-state index in [0.717, 1.165) is 68.8 Å². The van der Waals surface area contributed by atoms with Gasteiger partial charge in [-0.2, -0.15) is 0 Å². The third-order valence-corrected chi connectivity index (χ3v) is 7.69. The highest BCUT2D eigenvalue weighted by Gasteiger charge is 2.25. The molecule has 2 N–H and O–H groups in total. The van der Waals surface area contributed by atoms with Crippen molar-refractivity contribution in [3.05, 3.63) is 71.4 Å². The molecular formula is C30H36F3N5O. The molecule has 0 amide bonds. The summed E-state index contributed by atoms with van der Waals surface area (Å²) in [6.45, 7) is 5.61. The van der Waals surface area contributed by atoms with Crippen LogP contribution in [0, 0.1) is 23.4 Å². The number of hydrogen-bond acceptors (Lipinski definition) is 6. The second-order valence-corrected chi connectivity index (χ2v) is 11.0. The molecule has 5 rings (SSSR count). The Morgan fingerprint density at radius 1 is 1.00 bits per heavy atom. The molecule has 208 valence electrons. The highest BCUT2D eigenvalue weighted by atomic mass is 19.1. The van der Waals surface area contributed by atoms with E-state index in [0.29, 0.717) is 24.5 Å². The Morgan fingerprint density at radius 3 is 2.46 bits per heavy atom. The Morgan fingerprint density at radius 2 is 1.74 bits per heavy atom. The number of anilines is 1. The average molecular weight is 540 g/mol. The standard InChI is InChI=1S/C30H36F3N5O/c1-19-13-21(34)18-38(17-19)28-7-10-35-16-20(28)3-4-22-5-6-25(31)30(36-22)29-26(32)14-24(15-27(29)33)39-23-8-11-37(2)12-9-23/h5-7,10,14-16,19,21,23H,3-4,8-9,11-13,17-18,34H2,1-2H3/t19-,21+/m1/s1. The molecule has 2 aliphatic rings. The monoisotopic (exact) mass is 539 g/mol. The van der Waals surface area contributed by atoms with Gasteiger partial charge in [-0.1, -0.05) is 6.92 Å². The zero-order chi connectivity index (χ0) is 27.5. The summed E-state index contributed by atoms with van der Waals surface area (Å²) >= 11 is 0. The summed E-state index contributed by atoms with van der Waals surface area (Å²) in [6, 6.07) is 7.12. The molecule has 2 aliphatic heterocycles. The molecule has 39 heavy (non-hydrogen) atoms. The van der Waals surface area contributed by atoms with Crippen molar-refractivity contribution < 1.29 is 17.9 Å². The number of aromatic nitrogens is 2. The Labute approximate surface area is 228 Å². The van der Waals surface area contributed by atoms with Gasteiger partial charge in [-0.3, -0.25) is 4.98 Å². The minimum absolute atomic E-state index is 0.106. The molecule has 2 aromatic heterocycles. The van der Waals surface area contributed by atoms with E-state index in [4.69, 9.17) is 10.5 Å². The van der Waals surface area contributed by atoms with E-state index in [9.17, 15) is 4.39 Å². The fourth-order valence-corrected chi connectivity index (χ4v) is 5.72. The number of likely N-dealkylation sites (tertiary alicyclic amines) is 1. The minimum Gasteiger partial charge on any atom is -0.490 e. The topological polar surface area (TPSA) is 67.5 Å². The summed E-state index contributed by atoms with van der Waals surface area (Å²) < 4.78 is 50.9. The maximum absolute atomic E-state index is 15.1. The molecule has 0 radical (unpaired) electrons. The number of nitrogens with zero attached hydrogens (tertiary/aromatic N) is 4. The summed E-state index contributed by atoms with van der Waals surface area (Å²) in [7, 11) is 2.03. The van der Waals surface area contributed by atoms with Gasteiger partial charge < -0.3 is 20.3 Å². The summed E-state index contributed by atoms with van der Waals surface area (Å²) in [4.78, 5) is 13.1. The van der Waals surface area contributed by atoms with Crippen LogP contribution in [0.3, 0.4) is 0 Å². The number of benzene rings is 1. The van der Waals surface area contributed by atoms with Gasteiger partial charge in [0.15, 0.2) is 0 Å².